The summed E-state index contributed by atoms with van der Waals surface area (Å²) in [6.45, 7) is 7.28. The van der Waals surface area contributed by atoms with E-state index in [0.29, 0.717) is 11.9 Å². The van der Waals surface area contributed by atoms with Crippen molar-refractivity contribution in [2.24, 2.45) is 0 Å². The average Bonchev–Trinajstić information content (AvgIpc) is 2.70. The van der Waals surface area contributed by atoms with Gasteiger partial charge in [0.1, 0.15) is 11.6 Å². The minimum atomic E-state index is 0.436. The maximum Gasteiger partial charge on any atom is 0.224 e. The third-order valence-corrected chi connectivity index (χ3v) is 4.69. The zero-order chi connectivity index (χ0) is 19.9. The second-order valence-electron chi connectivity index (χ2n) is 7.11. The second-order valence-corrected chi connectivity index (χ2v) is 7.11. The summed E-state index contributed by atoms with van der Waals surface area (Å²) in [7, 11) is 1.68. The van der Waals surface area contributed by atoms with Crippen molar-refractivity contribution in [3.63, 3.8) is 0 Å². The maximum atomic E-state index is 5.19. The van der Waals surface area contributed by atoms with Crippen LogP contribution in [0.25, 0.3) is 0 Å². The third-order valence-electron chi connectivity index (χ3n) is 4.69. The average molecular weight is 377 g/mol. The van der Waals surface area contributed by atoms with Gasteiger partial charge in [-0.15, -0.1) is 0 Å². The number of aromatic nitrogens is 2. The summed E-state index contributed by atoms with van der Waals surface area (Å²) in [5, 5.41) is 6.78. The molecule has 0 radical (unpaired) electrons. The molecule has 5 nitrogen and oxygen atoms in total. The molecule has 0 spiro atoms. The molecule has 2 aromatic carbocycles. The normalized spacial score (nSPS) is 10.8. The molecule has 28 heavy (non-hydrogen) atoms. The minimum Gasteiger partial charge on any atom is -0.497 e. The Morgan fingerprint density at radius 1 is 1.04 bits per heavy atom. The molecular formula is C23H28N4O. The summed E-state index contributed by atoms with van der Waals surface area (Å²) in [5.74, 6) is 2.72. The SMILES string of the molecule is COc1ccc(CCNc2nccc(Nc3c(C)cccc3C(C)C)n2)cc1. The van der Waals surface area contributed by atoms with Crippen LogP contribution in [0.1, 0.15) is 36.5 Å². The molecule has 5 heteroatoms. The van der Waals surface area contributed by atoms with Crippen LogP contribution in [0.15, 0.2) is 54.7 Å². The predicted octanol–water partition coefficient (Wildman–Crippen LogP) is 5.32. The van der Waals surface area contributed by atoms with Crippen LogP contribution in [-0.4, -0.2) is 23.6 Å². The van der Waals surface area contributed by atoms with E-state index in [-0.39, 0.29) is 0 Å². The van der Waals surface area contributed by atoms with Gasteiger partial charge in [-0.2, -0.15) is 4.98 Å². The largest absolute Gasteiger partial charge is 0.497 e. The summed E-state index contributed by atoms with van der Waals surface area (Å²) < 4.78 is 5.19. The van der Waals surface area contributed by atoms with Crippen molar-refractivity contribution in [1.82, 2.24) is 9.97 Å². The van der Waals surface area contributed by atoms with Crippen LogP contribution >= 0.6 is 0 Å². The molecule has 1 heterocycles. The number of nitrogens with one attached hydrogen (secondary N) is 2. The van der Waals surface area contributed by atoms with E-state index in [9.17, 15) is 0 Å². The van der Waals surface area contributed by atoms with Crippen molar-refractivity contribution in [3.05, 3.63) is 71.4 Å². The first-order chi connectivity index (χ1) is 13.6. The topological polar surface area (TPSA) is 59.1 Å². The fourth-order valence-electron chi connectivity index (χ4n) is 3.09. The zero-order valence-electron chi connectivity index (χ0n) is 17.0. The number of benzene rings is 2. The van der Waals surface area contributed by atoms with Crippen LogP contribution in [0.3, 0.4) is 0 Å². The summed E-state index contributed by atoms with van der Waals surface area (Å²) in [5.41, 5.74) is 4.86. The van der Waals surface area contributed by atoms with Gasteiger partial charge in [0.25, 0.3) is 0 Å². The highest BCUT2D eigenvalue weighted by Crippen LogP contribution is 2.29. The molecule has 0 saturated carbocycles. The molecule has 0 unspecified atom stereocenters. The van der Waals surface area contributed by atoms with Crippen LogP contribution in [-0.2, 0) is 6.42 Å². The standard InChI is InChI=1S/C23H28N4O/c1-16(2)20-7-5-6-17(3)22(20)26-21-13-15-25-23(27-21)24-14-12-18-8-10-19(28-4)11-9-18/h5-11,13,15-16H,12,14H2,1-4H3,(H2,24,25,26,27). The Morgan fingerprint density at radius 2 is 1.82 bits per heavy atom. The number of rotatable bonds is 8. The highest BCUT2D eigenvalue weighted by Gasteiger charge is 2.10. The van der Waals surface area contributed by atoms with Gasteiger partial charge in [-0.05, 0) is 54.2 Å². The van der Waals surface area contributed by atoms with E-state index in [1.807, 2.05) is 18.2 Å². The first-order valence-electron chi connectivity index (χ1n) is 9.63. The van der Waals surface area contributed by atoms with Gasteiger partial charge in [-0.3, -0.25) is 0 Å². The molecule has 3 aromatic rings. The van der Waals surface area contributed by atoms with Gasteiger partial charge in [0, 0.05) is 18.4 Å². The van der Waals surface area contributed by atoms with Gasteiger partial charge in [0.2, 0.25) is 5.95 Å². The van der Waals surface area contributed by atoms with Gasteiger partial charge in [-0.1, -0.05) is 44.2 Å². The molecule has 146 valence electrons. The fourth-order valence-corrected chi connectivity index (χ4v) is 3.09. The first-order valence-corrected chi connectivity index (χ1v) is 9.63. The van der Waals surface area contributed by atoms with Gasteiger partial charge in [-0.25, -0.2) is 4.98 Å². The Labute approximate surface area is 167 Å². The molecular weight excluding hydrogens is 348 g/mol. The number of hydrogen-bond donors (Lipinski definition) is 2. The number of hydrogen-bond acceptors (Lipinski definition) is 5. The van der Waals surface area contributed by atoms with Crippen LogP contribution < -0.4 is 15.4 Å². The van der Waals surface area contributed by atoms with Crippen molar-refractivity contribution in [2.75, 3.05) is 24.3 Å². The number of para-hydroxylation sites is 1. The van der Waals surface area contributed by atoms with Crippen molar-refractivity contribution in [3.8, 4) is 5.75 Å². The van der Waals surface area contributed by atoms with Crippen LogP contribution in [0.5, 0.6) is 5.75 Å². The highest BCUT2D eigenvalue weighted by molar-refractivity contribution is 5.65. The lowest BCUT2D eigenvalue weighted by Gasteiger charge is -2.17. The van der Waals surface area contributed by atoms with E-state index in [1.54, 1.807) is 13.3 Å². The van der Waals surface area contributed by atoms with Crippen molar-refractivity contribution in [1.29, 1.82) is 0 Å². The van der Waals surface area contributed by atoms with Crippen molar-refractivity contribution < 1.29 is 4.74 Å². The molecule has 0 atom stereocenters. The first kappa shape index (κ1) is 19.7. The van der Waals surface area contributed by atoms with E-state index in [0.717, 1.165) is 30.2 Å². The number of aryl methyl sites for hydroxylation is 1. The Morgan fingerprint density at radius 3 is 2.54 bits per heavy atom. The van der Waals surface area contributed by atoms with E-state index in [1.165, 1.54) is 16.7 Å². The molecule has 0 saturated heterocycles. The van der Waals surface area contributed by atoms with Gasteiger partial charge < -0.3 is 15.4 Å². The lowest BCUT2D eigenvalue weighted by molar-refractivity contribution is 0.414. The Balaban J connectivity index is 1.64. The lowest BCUT2D eigenvalue weighted by Crippen LogP contribution is -2.09. The van der Waals surface area contributed by atoms with E-state index in [4.69, 9.17) is 4.74 Å². The quantitative estimate of drug-likeness (QED) is 0.557. The lowest BCUT2D eigenvalue weighted by atomic mass is 9.98. The van der Waals surface area contributed by atoms with Gasteiger partial charge in [0.15, 0.2) is 0 Å². The molecule has 2 N–H and O–H groups in total. The smallest absolute Gasteiger partial charge is 0.224 e. The number of nitrogens with zero attached hydrogens (tertiary/aromatic N) is 2. The van der Waals surface area contributed by atoms with Crippen LogP contribution in [0.2, 0.25) is 0 Å². The predicted molar refractivity (Wildman–Crippen MR) is 116 cm³/mol. The van der Waals surface area contributed by atoms with Crippen LogP contribution in [0, 0.1) is 6.92 Å². The molecule has 0 aliphatic carbocycles. The number of ether oxygens (including phenoxy) is 1. The zero-order valence-corrected chi connectivity index (χ0v) is 17.0. The summed E-state index contributed by atoms with van der Waals surface area (Å²) in [6.07, 6.45) is 2.67. The van der Waals surface area contributed by atoms with Crippen molar-refractivity contribution >= 4 is 17.5 Å². The molecule has 0 aliphatic rings. The van der Waals surface area contributed by atoms with Crippen molar-refractivity contribution in [2.45, 2.75) is 33.1 Å². The van der Waals surface area contributed by atoms with Gasteiger partial charge >= 0.3 is 0 Å². The number of anilines is 3. The molecule has 0 fully saturated rings. The molecule has 1 aromatic heterocycles. The number of methoxy groups -OCH3 is 1. The van der Waals surface area contributed by atoms with E-state index < -0.39 is 0 Å². The van der Waals surface area contributed by atoms with E-state index >= 15 is 0 Å². The summed E-state index contributed by atoms with van der Waals surface area (Å²) >= 11 is 0. The molecule has 0 amide bonds. The van der Waals surface area contributed by atoms with Gasteiger partial charge in [0.05, 0.1) is 7.11 Å². The summed E-state index contributed by atoms with van der Waals surface area (Å²) in [6, 6.07) is 16.4. The Kier molecular flexibility index (Phi) is 6.48. The van der Waals surface area contributed by atoms with Crippen LogP contribution in [0.4, 0.5) is 17.5 Å². The minimum absolute atomic E-state index is 0.436. The Bertz CT molecular complexity index is 907. The molecule has 0 bridgehead atoms. The van der Waals surface area contributed by atoms with E-state index in [2.05, 4.69) is 71.7 Å². The summed E-state index contributed by atoms with van der Waals surface area (Å²) in [4.78, 5) is 8.95. The maximum absolute atomic E-state index is 5.19. The monoisotopic (exact) mass is 376 g/mol. The molecule has 3 rings (SSSR count). The third kappa shape index (κ3) is 5.00. The molecule has 0 aliphatic heterocycles. The second kappa shape index (κ2) is 9.22. The Hall–Kier alpha value is -3.08. The fraction of sp³-hybridized carbons (Fsp3) is 0.304. The highest BCUT2D eigenvalue weighted by atomic mass is 16.5.